The second-order valence-corrected chi connectivity index (χ2v) is 6.08. The van der Waals surface area contributed by atoms with Crippen LogP contribution in [0.25, 0.3) is 0 Å². The third-order valence-electron chi connectivity index (χ3n) is 4.84. The number of likely N-dealkylation sites (tertiary alicyclic amines) is 1. The summed E-state index contributed by atoms with van der Waals surface area (Å²) in [6.45, 7) is 8.68. The number of phenolic OH excluding ortho intramolecular Hbond substituents is 1. The Bertz CT molecular complexity index is 438. The number of nitrogens with zero attached hydrogens (tertiary/aromatic N) is 1. The first-order valence-electron chi connectivity index (χ1n) is 7.18. The number of hydrogen-bond donors (Lipinski definition) is 1. The minimum Gasteiger partial charge on any atom is -0.508 e. The van der Waals surface area contributed by atoms with Gasteiger partial charge in [0.1, 0.15) is 11.6 Å². The first kappa shape index (κ1) is 14.3. The largest absolute Gasteiger partial charge is 0.508 e. The number of benzene rings is 1. The van der Waals surface area contributed by atoms with Crippen LogP contribution in [0.15, 0.2) is 18.2 Å². The number of rotatable bonds is 3. The van der Waals surface area contributed by atoms with Gasteiger partial charge in [0.05, 0.1) is 0 Å². The maximum absolute atomic E-state index is 13.9. The lowest BCUT2D eigenvalue weighted by Gasteiger charge is -2.41. The van der Waals surface area contributed by atoms with Crippen LogP contribution in [0.3, 0.4) is 0 Å². The molecule has 1 unspecified atom stereocenters. The molecule has 3 heteroatoms. The monoisotopic (exact) mass is 265 g/mol. The number of phenols is 1. The molecule has 0 radical (unpaired) electrons. The van der Waals surface area contributed by atoms with Crippen LogP contribution >= 0.6 is 0 Å². The normalized spacial score (nSPS) is 21.3. The lowest BCUT2D eigenvalue weighted by molar-refractivity contribution is 0.0852. The molecule has 1 heterocycles. The lowest BCUT2D eigenvalue weighted by Crippen LogP contribution is -2.39. The summed E-state index contributed by atoms with van der Waals surface area (Å²) < 4.78 is 13.9. The Balaban J connectivity index is 2.07. The van der Waals surface area contributed by atoms with Crippen LogP contribution < -0.4 is 0 Å². The molecule has 1 N–H and O–H groups in total. The van der Waals surface area contributed by atoms with Crippen LogP contribution in [0.1, 0.15) is 51.6 Å². The van der Waals surface area contributed by atoms with Crippen molar-refractivity contribution in [3.05, 3.63) is 29.6 Å². The quantitative estimate of drug-likeness (QED) is 0.889. The van der Waals surface area contributed by atoms with Gasteiger partial charge >= 0.3 is 0 Å². The summed E-state index contributed by atoms with van der Waals surface area (Å²) in [6, 6.07) is 4.53. The van der Waals surface area contributed by atoms with E-state index in [1.165, 1.54) is 25.3 Å². The van der Waals surface area contributed by atoms with Gasteiger partial charge in [0, 0.05) is 17.7 Å². The van der Waals surface area contributed by atoms with Crippen molar-refractivity contribution in [3.8, 4) is 5.75 Å². The molecule has 1 aromatic rings. The van der Waals surface area contributed by atoms with Gasteiger partial charge in [-0.15, -0.1) is 0 Å². The van der Waals surface area contributed by atoms with Crippen molar-refractivity contribution in [1.82, 2.24) is 4.90 Å². The summed E-state index contributed by atoms with van der Waals surface area (Å²) in [5, 5.41) is 9.28. The maximum atomic E-state index is 13.9. The fourth-order valence-electron chi connectivity index (χ4n) is 2.86. The minimum atomic E-state index is -0.309. The molecule has 1 aliphatic heterocycles. The molecule has 1 aliphatic rings. The second-order valence-electron chi connectivity index (χ2n) is 6.08. The molecule has 1 saturated heterocycles. The minimum absolute atomic E-state index is 0.00866. The molecule has 106 valence electrons. The van der Waals surface area contributed by atoms with E-state index in [9.17, 15) is 9.50 Å². The average Bonchev–Trinajstić information content (AvgIpc) is 2.39. The molecular weight excluding hydrogens is 241 g/mol. The van der Waals surface area contributed by atoms with Crippen molar-refractivity contribution >= 4 is 0 Å². The van der Waals surface area contributed by atoms with E-state index >= 15 is 0 Å². The van der Waals surface area contributed by atoms with Gasteiger partial charge in [0.15, 0.2) is 0 Å². The zero-order valence-electron chi connectivity index (χ0n) is 12.1. The molecule has 0 amide bonds. The predicted molar refractivity (Wildman–Crippen MR) is 75.7 cm³/mol. The van der Waals surface area contributed by atoms with E-state index in [-0.39, 0.29) is 17.6 Å². The van der Waals surface area contributed by atoms with Crippen LogP contribution in [0.5, 0.6) is 5.75 Å². The Morgan fingerprint density at radius 1 is 1.37 bits per heavy atom. The number of piperidine rings is 1. The molecule has 0 saturated carbocycles. The summed E-state index contributed by atoms with van der Waals surface area (Å²) in [5.74, 6) is -0.318. The Hall–Kier alpha value is -1.09. The van der Waals surface area contributed by atoms with E-state index in [0.29, 0.717) is 11.0 Å². The molecule has 1 aromatic carbocycles. The highest BCUT2D eigenvalue weighted by Crippen LogP contribution is 2.37. The Labute approximate surface area is 115 Å². The third-order valence-corrected chi connectivity index (χ3v) is 4.84. The average molecular weight is 265 g/mol. The van der Waals surface area contributed by atoms with Gasteiger partial charge in [0.2, 0.25) is 0 Å². The van der Waals surface area contributed by atoms with Crippen LogP contribution in [0.2, 0.25) is 0 Å². The first-order chi connectivity index (χ1) is 8.95. The van der Waals surface area contributed by atoms with Crippen molar-refractivity contribution in [1.29, 1.82) is 0 Å². The van der Waals surface area contributed by atoms with E-state index in [2.05, 4.69) is 18.7 Å². The SMILES string of the molecule is CCC1(C)CCN(C(C)c2ccc(O)cc2F)CC1. The Morgan fingerprint density at radius 2 is 2.00 bits per heavy atom. The van der Waals surface area contributed by atoms with E-state index in [4.69, 9.17) is 0 Å². The van der Waals surface area contributed by atoms with Crippen molar-refractivity contribution in [2.24, 2.45) is 5.41 Å². The van der Waals surface area contributed by atoms with Crippen LogP contribution in [-0.2, 0) is 0 Å². The molecule has 1 fully saturated rings. The van der Waals surface area contributed by atoms with Gasteiger partial charge in [-0.05, 0) is 44.3 Å². The summed E-state index contributed by atoms with van der Waals surface area (Å²) in [7, 11) is 0. The van der Waals surface area contributed by atoms with Gasteiger partial charge in [-0.3, -0.25) is 4.90 Å². The van der Waals surface area contributed by atoms with Crippen LogP contribution in [0, 0.1) is 11.2 Å². The molecule has 0 aliphatic carbocycles. The summed E-state index contributed by atoms with van der Waals surface area (Å²) in [4.78, 5) is 2.34. The van der Waals surface area contributed by atoms with Crippen molar-refractivity contribution < 1.29 is 9.50 Å². The van der Waals surface area contributed by atoms with Crippen LogP contribution in [0.4, 0.5) is 4.39 Å². The summed E-state index contributed by atoms with van der Waals surface area (Å²) in [5.41, 5.74) is 1.13. The van der Waals surface area contributed by atoms with E-state index < -0.39 is 0 Å². The maximum Gasteiger partial charge on any atom is 0.131 e. The first-order valence-corrected chi connectivity index (χ1v) is 7.18. The van der Waals surface area contributed by atoms with Gasteiger partial charge in [-0.1, -0.05) is 26.3 Å². The predicted octanol–water partition coefficient (Wildman–Crippen LogP) is 4.10. The third kappa shape index (κ3) is 3.08. The van der Waals surface area contributed by atoms with Gasteiger partial charge < -0.3 is 5.11 Å². The van der Waals surface area contributed by atoms with E-state index in [1.54, 1.807) is 12.1 Å². The molecule has 2 rings (SSSR count). The zero-order chi connectivity index (χ0) is 14.0. The molecule has 0 spiro atoms. The highest BCUT2D eigenvalue weighted by molar-refractivity contribution is 5.29. The molecular formula is C16H24FNO. The Morgan fingerprint density at radius 3 is 2.53 bits per heavy atom. The van der Waals surface area contributed by atoms with Gasteiger partial charge in [0.25, 0.3) is 0 Å². The summed E-state index contributed by atoms with van der Waals surface area (Å²) in [6.07, 6.45) is 3.56. The molecule has 19 heavy (non-hydrogen) atoms. The Kier molecular flexibility index (Phi) is 4.14. The van der Waals surface area contributed by atoms with Crippen LogP contribution in [-0.4, -0.2) is 23.1 Å². The fraction of sp³-hybridized carbons (Fsp3) is 0.625. The number of halogens is 1. The van der Waals surface area contributed by atoms with Gasteiger partial charge in [-0.2, -0.15) is 0 Å². The zero-order valence-corrected chi connectivity index (χ0v) is 12.1. The second kappa shape index (κ2) is 5.49. The summed E-state index contributed by atoms with van der Waals surface area (Å²) >= 11 is 0. The van der Waals surface area contributed by atoms with Gasteiger partial charge in [-0.25, -0.2) is 4.39 Å². The van der Waals surface area contributed by atoms with Crippen molar-refractivity contribution in [2.45, 2.75) is 46.1 Å². The number of aromatic hydroxyl groups is 1. The smallest absolute Gasteiger partial charge is 0.131 e. The fourth-order valence-corrected chi connectivity index (χ4v) is 2.86. The molecule has 2 nitrogen and oxygen atoms in total. The highest BCUT2D eigenvalue weighted by Gasteiger charge is 2.31. The lowest BCUT2D eigenvalue weighted by atomic mass is 9.78. The number of hydrogen-bond acceptors (Lipinski definition) is 2. The standard InChI is InChI=1S/C16H24FNO/c1-4-16(3)7-9-18(10-8-16)12(2)14-6-5-13(19)11-15(14)17/h5-6,11-12,19H,4,7-10H2,1-3H3. The van der Waals surface area contributed by atoms with E-state index in [1.807, 2.05) is 6.92 Å². The highest BCUT2D eigenvalue weighted by atomic mass is 19.1. The molecule has 0 bridgehead atoms. The molecule has 1 atom stereocenters. The molecule has 0 aromatic heterocycles. The van der Waals surface area contributed by atoms with Crippen molar-refractivity contribution in [2.75, 3.05) is 13.1 Å². The topological polar surface area (TPSA) is 23.5 Å². The van der Waals surface area contributed by atoms with Crippen molar-refractivity contribution in [3.63, 3.8) is 0 Å². The van der Waals surface area contributed by atoms with E-state index in [0.717, 1.165) is 13.1 Å².